The maximum absolute atomic E-state index is 12.6. The van der Waals surface area contributed by atoms with Crippen molar-refractivity contribution in [2.24, 2.45) is 7.05 Å². The lowest BCUT2D eigenvalue weighted by Crippen LogP contribution is -2.09. The van der Waals surface area contributed by atoms with Crippen molar-refractivity contribution in [1.82, 2.24) is 4.57 Å². The van der Waals surface area contributed by atoms with Crippen LogP contribution in [0, 0.1) is 0 Å². The van der Waals surface area contributed by atoms with Gasteiger partial charge in [-0.2, -0.15) is 0 Å². The Hall–Kier alpha value is -2.09. The Morgan fingerprint density at radius 3 is 2.53 bits per heavy atom. The summed E-state index contributed by atoms with van der Waals surface area (Å²) >= 11 is 0. The second-order valence-corrected chi connectivity index (χ2v) is 5.40. The van der Waals surface area contributed by atoms with Crippen molar-refractivity contribution in [2.45, 2.75) is 19.3 Å². The zero-order chi connectivity index (χ0) is 13.0. The van der Waals surface area contributed by atoms with E-state index in [0.717, 1.165) is 34.6 Å². The van der Waals surface area contributed by atoms with E-state index in [4.69, 9.17) is 0 Å². The van der Waals surface area contributed by atoms with Crippen LogP contribution >= 0.6 is 0 Å². The van der Waals surface area contributed by atoms with E-state index in [1.54, 1.807) is 0 Å². The lowest BCUT2D eigenvalue weighted by atomic mass is 10.0. The van der Waals surface area contributed by atoms with Gasteiger partial charge in [0.25, 0.3) is 0 Å². The minimum absolute atomic E-state index is 0.165. The van der Waals surface area contributed by atoms with Gasteiger partial charge in [0.15, 0.2) is 5.43 Å². The molecule has 19 heavy (non-hydrogen) atoms. The molecule has 1 aromatic heterocycles. The third kappa shape index (κ3) is 1.40. The summed E-state index contributed by atoms with van der Waals surface area (Å²) in [5, 5.41) is 1.68. The van der Waals surface area contributed by atoms with Crippen molar-refractivity contribution in [3.8, 4) is 0 Å². The number of hydrogen-bond acceptors (Lipinski definition) is 1. The smallest absolute Gasteiger partial charge is 0.197 e. The van der Waals surface area contributed by atoms with E-state index in [-0.39, 0.29) is 5.43 Å². The summed E-state index contributed by atoms with van der Waals surface area (Å²) in [6.07, 6.45) is 3.47. The van der Waals surface area contributed by atoms with Gasteiger partial charge >= 0.3 is 0 Å². The molecule has 0 spiro atoms. The first-order valence-electron chi connectivity index (χ1n) is 6.79. The molecule has 1 heterocycles. The Labute approximate surface area is 111 Å². The molecule has 94 valence electrons. The molecule has 1 aliphatic carbocycles. The Morgan fingerprint density at radius 2 is 1.68 bits per heavy atom. The van der Waals surface area contributed by atoms with Crippen LogP contribution in [0.4, 0.5) is 0 Å². The summed E-state index contributed by atoms with van der Waals surface area (Å²) in [6, 6.07) is 12.2. The molecule has 3 aromatic rings. The van der Waals surface area contributed by atoms with Crippen LogP contribution in [0.3, 0.4) is 0 Å². The predicted octanol–water partition coefficient (Wildman–Crippen LogP) is 3.18. The Morgan fingerprint density at radius 1 is 0.947 bits per heavy atom. The molecule has 0 saturated heterocycles. The summed E-state index contributed by atoms with van der Waals surface area (Å²) < 4.78 is 2.14. The van der Waals surface area contributed by atoms with Gasteiger partial charge in [0.05, 0.1) is 11.0 Å². The van der Waals surface area contributed by atoms with Crippen LogP contribution in [-0.4, -0.2) is 4.57 Å². The highest BCUT2D eigenvalue weighted by Gasteiger charge is 2.15. The summed E-state index contributed by atoms with van der Waals surface area (Å²) in [4.78, 5) is 12.6. The molecule has 0 radical (unpaired) electrons. The van der Waals surface area contributed by atoms with Gasteiger partial charge in [0, 0.05) is 17.8 Å². The molecular formula is C17H15NO. The summed E-state index contributed by atoms with van der Waals surface area (Å²) in [5.74, 6) is 0. The monoisotopic (exact) mass is 249 g/mol. The first kappa shape index (κ1) is 10.8. The maximum Gasteiger partial charge on any atom is 0.197 e. The molecule has 0 fully saturated rings. The van der Waals surface area contributed by atoms with Crippen molar-refractivity contribution in [3.05, 3.63) is 57.7 Å². The molecular weight excluding hydrogens is 234 g/mol. The minimum atomic E-state index is 0.165. The van der Waals surface area contributed by atoms with Gasteiger partial charge in [-0.25, -0.2) is 0 Å². The molecule has 2 heteroatoms. The number of para-hydroxylation sites is 1. The fourth-order valence-corrected chi connectivity index (χ4v) is 3.30. The molecule has 2 aromatic carbocycles. The SMILES string of the molecule is Cn1c2ccccc2c(=O)c2cc3c(cc21)CCC3. The topological polar surface area (TPSA) is 22.0 Å². The first-order chi connectivity index (χ1) is 9.25. The highest BCUT2D eigenvalue weighted by Crippen LogP contribution is 2.27. The molecule has 0 N–H and O–H groups in total. The van der Waals surface area contributed by atoms with Gasteiger partial charge < -0.3 is 4.57 Å². The van der Waals surface area contributed by atoms with Crippen LogP contribution in [0.15, 0.2) is 41.2 Å². The van der Waals surface area contributed by atoms with Gasteiger partial charge in [0.1, 0.15) is 0 Å². The number of aryl methyl sites for hydroxylation is 3. The number of pyridine rings is 1. The lowest BCUT2D eigenvalue weighted by molar-refractivity contribution is 0.911. The quantitative estimate of drug-likeness (QED) is 0.561. The predicted molar refractivity (Wildman–Crippen MR) is 78.7 cm³/mol. The second kappa shape index (κ2) is 3.70. The van der Waals surface area contributed by atoms with E-state index in [1.165, 1.54) is 17.5 Å². The van der Waals surface area contributed by atoms with Crippen molar-refractivity contribution >= 4 is 21.8 Å². The highest BCUT2D eigenvalue weighted by atomic mass is 16.1. The van der Waals surface area contributed by atoms with Crippen molar-refractivity contribution in [3.63, 3.8) is 0 Å². The zero-order valence-corrected chi connectivity index (χ0v) is 10.9. The number of nitrogens with zero attached hydrogens (tertiary/aromatic N) is 1. The molecule has 0 atom stereocenters. The third-order valence-electron chi connectivity index (χ3n) is 4.33. The van der Waals surface area contributed by atoms with Crippen LogP contribution in [-0.2, 0) is 19.9 Å². The molecule has 0 aliphatic heterocycles. The summed E-state index contributed by atoms with van der Waals surface area (Å²) in [6.45, 7) is 0. The summed E-state index contributed by atoms with van der Waals surface area (Å²) in [7, 11) is 2.05. The number of hydrogen-bond donors (Lipinski definition) is 0. The van der Waals surface area contributed by atoms with E-state index in [2.05, 4.69) is 16.7 Å². The maximum atomic E-state index is 12.6. The number of rotatable bonds is 0. The van der Waals surface area contributed by atoms with Gasteiger partial charge in [-0.05, 0) is 54.7 Å². The molecule has 0 bridgehead atoms. The molecule has 0 unspecified atom stereocenters. The highest BCUT2D eigenvalue weighted by molar-refractivity contribution is 5.94. The van der Waals surface area contributed by atoms with E-state index in [1.807, 2.05) is 31.3 Å². The third-order valence-corrected chi connectivity index (χ3v) is 4.33. The van der Waals surface area contributed by atoms with Gasteiger partial charge in [-0.1, -0.05) is 12.1 Å². The van der Waals surface area contributed by atoms with Crippen molar-refractivity contribution in [1.29, 1.82) is 0 Å². The van der Waals surface area contributed by atoms with E-state index in [0.29, 0.717) is 0 Å². The molecule has 4 rings (SSSR count). The van der Waals surface area contributed by atoms with E-state index >= 15 is 0 Å². The molecule has 0 amide bonds. The number of aromatic nitrogens is 1. The molecule has 1 aliphatic rings. The van der Waals surface area contributed by atoms with Gasteiger partial charge in [-0.15, -0.1) is 0 Å². The fourth-order valence-electron chi connectivity index (χ4n) is 3.30. The van der Waals surface area contributed by atoms with Crippen LogP contribution < -0.4 is 5.43 Å². The minimum Gasteiger partial charge on any atom is -0.343 e. The normalized spacial score (nSPS) is 14.2. The fraction of sp³-hybridized carbons (Fsp3) is 0.235. The first-order valence-corrected chi connectivity index (χ1v) is 6.79. The lowest BCUT2D eigenvalue weighted by Gasteiger charge is -2.12. The standard InChI is InChI=1S/C17H15NO/c1-18-15-8-3-2-7-13(15)17(19)14-9-11-5-4-6-12(11)10-16(14)18/h2-3,7-10H,4-6H2,1H3. The summed E-state index contributed by atoms with van der Waals surface area (Å²) in [5.41, 5.74) is 5.01. The van der Waals surface area contributed by atoms with E-state index in [9.17, 15) is 4.79 Å². The number of fused-ring (bicyclic) bond motifs is 3. The van der Waals surface area contributed by atoms with Crippen LogP contribution in [0.1, 0.15) is 17.5 Å². The van der Waals surface area contributed by atoms with Crippen molar-refractivity contribution in [2.75, 3.05) is 0 Å². The van der Waals surface area contributed by atoms with Crippen LogP contribution in [0.5, 0.6) is 0 Å². The average molecular weight is 249 g/mol. The number of benzene rings is 2. The van der Waals surface area contributed by atoms with Crippen LogP contribution in [0.25, 0.3) is 21.8 Å². The zero-order valence-electron chi connectivity index (χ0n) is 10.9. The largest absolute Gasteiger partial charge is 0.343 e. The van der Waals surface area contributed by atoms with Gasteiger partial charge in [0.2, 0.25) is 0 Å². The Kier molecular flexibility index (Phi) is 2.10. The van der Waals surface area contributed by atoms with Gasteiger partial charge in [-0.3, -0.25) is 4.79 Å². The Balaban J connectivity index is 2.27. The van der Waals surface area contributed by atoms with E-state index < -0.39 is 0 Å². The van der Waals surface area contributed by atoms with Crippen LogP contribution in [0.2, 0.25) is 0 Å². The molecule has 2 nitrogen and oxygen atoms in total. The van der Waals surface area contributed by atoms with Crippen molar-refractivity contribution < 1.29 is 0 Å². The Bertz CT molecular complexity index is 874. The molecule has 0 saturated carbocycles. The second-order valence-electron chi connectivity index (χ2n) is 5.40. The average Bonchev–Trinajstić information content (AvgIpc) is 2.90.